The summed E-state index contributed by atoms with van der Waals surface area (Å²) in [6.07, 6.45) is 0. The number of aromatic nitrogens is 5. The molecule has 4 aromatic rings. The molecule has 0 saturated heterocycles. The van der Waals surface area contributed by atoms with E-state index in [4.69, 9.17) is 20.9 Å². The van der Waals surface area contributed by atoms with Gasteiger partial charge < -0.3 is 13.8 Å². The highest BCUT2D eigenvalue weighted by atomic mass is 35.5. The zero-order valence-corrected chi connectivity index (χ0v) is 16.7. The van der Waals surface area contributed by atoms with Gasteiger partial charge >= 0.3 is 0 Å². The monoisotopic (exact) mass is 413 g/mol. The third-order valence-corrected chi connectivity index (χ3v) is 5.42. The lowest BCUT2D eigenvalue weighted by molar-refractivity contribution is 0.391. The highest BCUT2D eigenvalue weighted by molar-refractivity contribution is 7.98. The molecule has 7 nitrogen and oxygen atoms in total. The number of hydrogen-bond acceptors (Lipinski definition) is 7. The maximum Gasteiger partial charge on any atom is 0.237 e. The van der Waals surface area contributed by atoms with E-state index in [1.54, 1.807) is 13.2 Å². The summed E-state index contributed by atoms with van der Waals surface area (Å²) in [5.74, 6) is 2.89. The van der Waals surface area contributed by atoms with Crippen molar-refractivity contribution in [1.29, 1.82) is 0 Å². The molecular weight excluding hydrogens is 398 g/mol. The molecular formula is C19H16ClN5O2S. The fraction of sp³-hybridized carbons (Fsp3) is 0.158. The van der Waals surface area contributed by atoms with Gasteiger partial charge in [0.05, 0.1) is 23.4 Å². The van der Waals surface area contributed by atoms with Gasteiger partial charge in [0, 0.05) is 12.6 Å². The van der Waals surface area contributed by atoms with Gasteiger partial charge in [-0.1, -0.05) is 52.8 Å². The van der Waals surface area contributed by atoms with Crippen LogP contribution in [0.4, 0.5) is 0 Å². The van der Waals surface area contributed by atoms with Crippen molar-refractivity contribution in [2.75, 3.05) is 7.11 Å². The van der Waals surface area contributed by atoms with E-state index in [0.717, 1.165) is 27.9 Å². The topological polar surface area (TPSA) is 78.9 Å². The lowest BCUT2D eigenvalue weighted by Gasteiger charge is -2.07. The molecule has 9 heteroatoms. The zero-order chi connectivity index (χ0) is 19.5. The van der Waals surface area contributed by atoms with Gasteiger partial charge in [-0.2, -0.15) is 4.98 Å². The van der Waals surface area contributed by atoms with Crippen molar-refractivity contribution in [2.45, 2.75) is 10.9 Å². The molecule has 2 aromatic heterocycles. The van der Waals surface area contributed by atoms with Gasteiger partial charge in [-0.15, -0.1) is 10.2 Å². The van der Waals surface area contributed by atoms with Crippen LogP contribution >= 0.6 is 23.4 Å². The van der Waals surface area contributed by atoms with Gasteiger partial charge in [-0.25, -0.2) is 0 Å². The molecule has 0 radical (unpaired) electrons. The molecule has 0 amide bonds. The summed E-state index contributed by atoms with van der Waals surface area (Å²) in [6.45, 7) is 0. The predicted molar refractivity (Wildman–Crippen MR) is 107 cm³/mol. The minimum atomic E-state index is 0.467. The Morgan fingerprint density at radius 3 is 2.61 bits per heavy atom. The summed E-state index contributed by atoms with van der Waals surface area (Å²) in [4.78, 5) is 4.42. The Morgan fingerprint density at radius 2 is 1.82 bits per heavy atom. The number of rotatable bonds is 6. The maximum atomic E-state index is 6.19. The van der Waals surface area contributed by atoms with Crippen molar-refractivity contribution >= 4 is 23.4 Å². The lowest BCUT2D eigenvalue weighted by atomic mass is 10.2. The molecule has 0 bridgehead atoms. The molecule has 0 fully saturated rings. The minimum absolute atomic E-state index is 0.467. The molecule has 0 aliphatic carbocycles. The second kappa shape index (κ2) is 8.04. The van der Waals surface area contributed by atoms with Crippen LogP contribution in [-0.2, 0) is 12.8 Å². The first-order valence-electron chi connectivity index (χ1n) is 8.40. The fourth-order valence-corrected chi connectivity index (χ4v) is 3.66. The van der Waals surface area contributed by atoms with E-state index in [1.165, 1.54) is 11.8 Å². The van der Waals surface area contributed by atoms with Crippen LogP contribution in [-0.4, -0.2) is 32.0 Å². The van der Waals surface area contributed by atoms with Crippen LogP contribution in [0.15, 0.2) is 58.2 Å². The number of thioether (sulfide) groups is 1. The highest BCUT2D eigenvalue weighted by Gasteiger charge is 2.17. The molecule has 4 rings (SSSR count). The standard InChI is InChI=1S/C19H16ClN5O2S/c1-25-18(13-8-4-6-10-15(13)26-2)22-23-19(25)28-11-16-21-17(24-27-16)12-7-3-5-9-14(12)20/h3-10H,11H2,1-2H3. The largest absolute Gasteiger partial charge is 0.496 e. The van der Waals surface area contributed by atoms with Gasteiger partial charge in [0.1, 0.15) is 5.75 Å². The van der Waals surface area contributed by atoms with Crippen molar-refractivity contribution in [1.82, 2.24) is 24.9 Å². The summed E-state index contributed by atoms with van der Waals surface area (Å²) >= 11 is 7.65. The number of methoxy groups -OCH3 is 1. The van der Waals surface area contributed by atoms with Crippen LogP contribution in [0.3, 0.4) is 0 Å². The minimum Gasteiger partial charge on any atom is -0.496 e. The summed E-state index contributed by atoms with van der Waals surface area (Å²) in [7, 11) is 3.55. The first-order chi connectivity index (χ1) is 13.7. The first kappa shape index (κ1) is 18.5. The Balaban J connectivity index is 1.51. The van der Waals surface area contributed by atoms with Crippen LogP contribution in [0.2, 0.25) is 5.02 Å². The van der Waals surface area contributed by atoms with E-state index in [-0.39, 0.29) is 0 Å². The fourth-order valence-electron chi connectivity index (χ4n) is 2.70. The molecule has 28 heavy (non-hydrogen) atoms. The smallest absolute Gasteiger partial charge is 0.237 e. The van der Waals surface area contributed by atoms with Gasteiger partial charge in [0.25, 0.3) is 0 Å². The third kappa shape index (κ3) is 3.61. The normalized spacial score (nSPS) is 11.0. The van der Waals surface area contributed by atoms with Crippen molar-refractivity contribution < 1.29 is 9.26 Å². The third-order valence-electron chi connectivity index (χ3n) is 4.09. The molecule has 0 unspecified atom stereocenters. The van der Waals surface area contributed by atoms with Crippen molar-refractivity contribution in [3.8, 4) is 28.5 Å². The van der Waals surface area contributed by atoms with E-state index in [0.29, 0.717) is 22.5 Å². The number of ether oxygens (including phenoxy) is 1. The van der Waals surface area contributed by atoms with E-state index in [9.17, 15) is 0 Å². The van der Waals surface area contributed by atoms with E-state index in [2.05, 4.69) is 20.3 Å². The van der Waals surface area contributed by atoms with Crippen molar-refractivity contribution in [3.63, 3.8) is 0 Å². The second-order valence-electron chi connectivity index (χ2n) is 5.85. The number of benzene rings is 2. The summed E-state index contributed by atoms with van der Waals surface area (Å²) < 4.78 is 12.7. The number of nitrogens with zero attached hydrogens (tertiary/aromatic N) is 5. The molecule has 0 spiro atoms. The molecule has 0 aliphatic heterocycles. The molecule has 0 saturated carbocycles. The number of para-hydroxylation sites is 1. The molecule has 0 N–H and O–H groups in total. The average molecular weight is 414 g/mol. The Bertz CT molecular complexity index is 1110. The van der Waals surface area contributed by atoms with Crippen molar-refractivity contribution in [3.05, 3.63) is 59.4 Å². The molecule has 2 heterocycles. The second-order valence-corrected chi connectivity index (χ2v) is 7.20. The molecule has 142 valence electrons. The van der Waals surface area contributed by atoms with Gasteiger partial charge in [-0.3, -0.25) is 0 Å². The number of hydrogen-bond donors (Lipinski definition) is 0. The Labute approximate surface area is 170 Å². The van der Waals surface area contributed by atoms with Gasteiger partial charge in [-0.05, 0) is 24.3 Å². The summed E-state index contributed by atoms with van der Waals surface area (Å²) in [5, 5.41) is 13.9. The van der Waals surface area contributed by atoms with E-state index in [1.807, 2.05) is 54.1 Å². The van der Waals surface area contributed by atoms with E-state index < -0.39 is 0 Å². The van der Waals surface area contributed by atoms with Crippen LogP contribution < -0.4 is 4.74 Å². The molecule has 0 aliphatic rings. The van der Waals surface area contributed by atoms with Crippen LogP contribution in [0.25, 0.3) is 22.8 Å². The quantitative estimate of drug-likeness (QED) is 0.431. The lowest BCUT2D eigenvalue weighted by Crippen LogP contribution is -1.97. The Kier molecular flexibility index (Phi) is 5.31. The average Bonchev–Trinajstić information content (AvgIpc) is 3.33. The van der Waals surface area contributed by atoms with Crippen molar-refractivity contribution in [2.24, 2.45) is 7.05 Å². The van der Waals surface area contributed by atoms with Gasteiger partial charge in [0.15, 0.2) is 11.0 Å². The summed E-state index contributed by atoms with van der Waals surface area (Å²) in [6, 6.07) is 15.1. The van der Waals surface area contributed by atoms with Crippen LogP contribution in [0, 0.1) is 0 Å². The van der Waals surface area contributed by atoms with Crippen LogP contribution in [0.1, 0.15) is 5.89 Å². The van der Waals surface area contributed by atoms with Crippen LogP contribution in [0.5, 0.6) is 5.75 Å². The predicted octanol–water partition coefficient (Wildman–Crippen LogP) is 4.49. The Hall–Kier alpha value is -2.84. The molecule has 2 aromatic carbocycles. The van der Waals surface area contributed by atoms with Gasteiger partial charge in [0.2, 0.25) is 11.7 Å². The molecule has 0 atom stereocenters. The SMILES string of the molecule is COc1ccccc1-c1nnc(SCc2nc(-c3ccccc3Cl)no2)n1C. The van der Waals surface area contributed by atoms with E-state index >= 15 is 0 Å². The number of halogens is 1. The Morgan fingerprint density at radius 1 is 1.07 bits per heavy atom. The first-order valence-corrected chi connectivity index (χ1v) is 9.77. The maximum absolute atomic E-state index is 6.19. The zero-order valence-electron chi connectivity index (χ0n) is 15.2. The highest BCUT2D eigenvalue weighted by Crippen LogP contribution is 2.31. The summed E-state index contributed by atoms with van der Waals surface area (Å²) in [5.41, 5.74) is 1.62.